The van der Waals surface area contributed by atoms with Crippen molar-refractivity contribution in [3.8, 4) is 0 Å². The molecule has 2 amide bonds. The number of amides is 2. The lowest BCUT2D eigenvalue weighted by Crippen LogP contribution is -2.47. The summed E-state index contributed by atoms with van der Waals surface area (Å²) in [4.78, 5) is 28.3. The molecule has 2 unspecified atom stereocenters. The van der Waals surface area contributed by atoms with Crippen molar-refractivity contribution in [2.75, 3.05) is 32.7 Å². The number of aromatic nitrogens is 1. The van der Waals surface area contributed by atoms with Crippen LogP contribution in [0.3, 0.4) is 0 Å². The van der Waals surface area contributed by atoms with Gasteiger partial charge in [0.05, 0.1) is 5.69 Å². The van der Waals surface area contributed by atoms with Crippen LogP contribution in [-0.2, 0) is 11.3 Å². The number of halogens is 3. The molecule has 2 bridgehead atoms. The van der Waals surface area contributed by atoms with Crippen molar-refractivity contribution in [3.05, 3.63) is 17.0 Å². The zero-order valence-corrected chi connectivity index (χ0v) is 17.1. The van der Waals surface area contributed by atoms with Crippen LogP contribution in [0.15, 0.2) is 4.52 Å². The number of fused-ring (bicyclic) bond motifs is 2. The van der Waals surface area contributed by atoms with E-state index < -0.39 is 12.1 Å². The predicted octanol–water partition coefficient (Wildman–Crippen LogP) is 2.65. The zero-order chi connectivity index (χ0) is 22.1. The lowest BCUT2D eigenvalue weighted by Gasteiger charge is -2.33. The summed E-state index contributed by atoms with van der Waals surface area (Å²) in [6.07, 6.45) is -1.60. The van der Waals surface area contributed by atoms with Gasteiger partial charge in [0.2, 0.25) is 0 Å². The van der Waals surface area contributed by atoms with Gasteiger partial charge in [0, 0.05) is 50.9 Å². The number of carbonyl (C=O) groups excluding carboxylic acids is 1. The molecule has 0 aliphatic carbocycles. The summed E-state index contributed by atoms with van der Waals surface area (Å²) in [6.45, 7) is 9.73. The molecule has 0 saturated carbocycles. The minimum absolute atomic E-state index is 0.272. The third-order valence-electron chi connectivity index (χ3n) is 5.91. The second kappa shape index (κ2) is 8.83. The van der Waals surface area contributed by atoms with Crippen LogP contribution in [0.4, 0.5) is 18.0 Å². The first-order chi connectivity index (χ1) is 14.1. The van der Waals surface area contributed by atoms with Crippen molar-refractivity contribution in [1.29, 1.82) is 0 Å². The Morgan fingerprint density at radius 2 is 1.80 bits per heavy atom. The van der Waals surface area contributed by atoms with Crippen LogP contribution in [0.25, 0.3) is 0 Å². The Bertz CT molecular complexity index is 757. The second-order valence-electron chi connectivity index (χ2n) is 8.18. The van der Waals surface area contributed by atoms with Gasteiger partial charge in [-0.2, -0.15) is 13.2 Å². The summed E-state index contributed by atoms with van der Waals surface area (Å²) >= 11 is 0. The number of rotatable bonds is 2. The Balaban J connectivity index is 0.000000318. The van der Waals surface area contributed by atoms with Crippen molar-refractivity contribution in [2.24, 2.45) is 5.92 Å². The first-order valence-electron chi connectivity index (χ1n) is 10.1. The monoisotopic (exact) mass is 432 g/mol. The van der Waals surface area contributed by atoms with Crippen molar-refractivity contribution >= 4 is 12.0 Å². The Kier molecular flexibility index (Phi) is 6.59. The number of piperidine rings is 1. The maximum Gasteiger partial charge on any atom is 0.490 e. The van der Waals surface area contributed by atoms with Crippen LogP contribution in [-0.4, -0.2) is 81.9 Å². The molecule has 4 rings (SSSR count). The molecular weight excluding hydrogens is 405 g/mol. The summed E-state index contributed by atoms with van der Waals surface area (Å²) in [5.41, 5.74) is 2.20. The molecule has 168 valence electrons. The summed E-state index contributed by atoms with van der Waals surface area (Å²) < 4.78 is 37.0. The third-order valence-corrected chi connectivity index (χ3v) is 5.91. The Hall–Kier alpha value is -2.30. The average molecular weight is 432 g/mol. The largest absolute Gasteiger partial charge is 0.490 e. The Morgan fingerprint density at radius 1 is 1.17 bits per heavy atom. The van der Waals surface area contributed by atoms with Gasteiger partial charge in [-0.1, -0.05) is 5.16 Å². The number of aryl methyl sites for hydroxylation is 2. The number of carboxylic acids is 1. The van der Waals surface area contributed by atoms with E-state index in [0.717, 1.165) is 70.0 Å². The molecule has 3 aliphatic heterocycles. The molecule has 8 nitrogen and oxygen atoms in total. The Labute approximate surface area is 172 Å². The van der Waals surface area contributed by atoms with Crippen molar-refractivity contribution < 1.29 is 32.4 Å². The summed E-state index contributed by atoms with van der Waals surface area (Å²) in [5.74, 6) is -1.22. The van der Waals surface area contributed by atoms with E-state index in [0.29, 0.717) is 12.0 Å². The molecule has 1 aromatic rings. The molecule has 4 heterocycles. The molecular formula is C19H27F3N4O4. The van der Waals surface area contributed by atoms with Gasteiger partial charge in [0.1, 0.15) is 5.76 Å². The number of carbonyl (C=O) groups is 2. The Morgan fingerprint density at radius 3 is 2.33 bits per heavy atom. The second-order valence-corrected chi connectivity index (χ2v) is 8.18. The van der Waals surface area contributed by atoms with Crippen molar-refractivity contribution in [2.45, 2.75) is 51.9 Å². The third kappa shape index (κ3) is 5.05. The zero-order valence-electron chi connectivity index (χ0n) is 17.1. The maximum atomic E-state index is 12.7. The molecule has 11 heteroatoms. The fourth-order valence-electron chi connectivity index (χ4n) is 4.46. The molecule has 0 aromatic carbocycles. The molecule has 2 atom stereocenters. The molecule has 1 N–H and O–H groups in total. The normalized spacial score (nSPS) is 24.0. The predicted molar refractivity (Wildman–Crippen MR) is 99.7 cm³/mol. The van der Waals surface area contributed by atoms with Crippen molar-refractivity contribution in [1.82, 2.24) is 19.9 Å². The number of aliphatic carboxylic acids is 1. The van der Waals surface area contributed by atoms with E-state index >= 15 is 0 Å². The van der Waals surface area contributed by atoms with Gasteiger partial charge in [0.15, 0.2) is 0 Å². The summed E-state index contributed by atoms with van der Waals surface area (Å²) in [6, 6.07) is 0.650. The topological polar surface area (TPSA) is 90.1 Å². The lowest BCUT2D eigenvalue weighted by atomic mass is 9.99. The first kappa shape index (κ1) is 22.4. The molecule has 3 saturated heterocycles. The van der Waals surface area contributed by atoms with Crippen molar-refractivity contribution in [3.63, 3.8) is 0 Å². The van der Waals surface area contributed by atoms with Gasteiger partial charge in [-0.3, -0.25) is 4.90 Å². The lowest BCUT2D eigenvalue weighted by molar-refractivity contribution is -0.192. The van der Waals surface area contributed by atoms with Gasteiger partial charge in [-0.05, 0) is 39.0 Å². The first-order valence-corrected chi connectivity index (χ1v) is 10.1. The SMILES string of the molecule is Cc1noc(C)c1CN1CC2CC(C1)N(C(=O)N1CCCC1)C2.O=C(O)C(F)(F)F. The van der Waals surface area contributed by atoms with Crippen LogP contribution >= 0.6 is 0 Å². The standard InChI is InChI=1S/C17H26N4O2.C2HF3O2/c1-12-16(13(2)23-18-12)11-19-8-14-7-15(10-19)21(9-14)17(22)20-5-3-4-6-20;3-2(4,5)1(6)7/h14-15H,3-11H2,1-2H3;(H,6,7). The number of carboxylic acid groups (broad SMARTS) is 1. The molecule has 0 spiro atoms. The number of likely N-dealkylation sites (tertiary alicyclic amines) is 3. The smallest absolute Gasteiger partial charge is 0.475 e. The fraction of sp³-hybridized carbons (Fsp3) is 0.737. The quantitative estimate of drug-likeness (QED) is 0.773. The molecule has 30 heavy (non-hydrogen) atoms. The van der Waals surface area contributed by atoms with Gasteiger partial charge in [-0.25, -0.2) is 9.59 Å². The minimum Gasteiger partial charge on any atom is -0.475 e. The van der Waals surface area contributed by atoms with Crippen LogP contribution < -0.4 is 0 Å². The van der Waals surface area contributed by atoms with E-state index in [4.69, 9.17) is 14.4 Å². The van der Waals surface area contributed by atoms with Gasteiger partial charge in [-0.15, -0.1) is 0 Å². The summed E-state index contributed by atoms with van der Waals surface area (Å²) in [7, 11) is 0. The highest BCUT2D eigenvalue weighted by atomic mass is 19.4. The number of hydrogen-bond donors (Lipinski definition) is 1. The number of alkyl halides is 3. The van der Waals surface area contributed by atoms with Gasteiger partial charge >= 0.3 is 18.2 Å². The van der Waals surface area contributed by atoms with E-state index in [1.165, 1.54) is 5.56 Å². The van der Waals surface area contributed by atoms with Crippen LogP contribution in [0, 0.1) is 19.8 Å². The van der Waals surface area contributed by atoms with E-state index in [1.807, 2.05) is 18.7 Å². The van der Waals surface area contributed by atoms with E-state index in [1.54, 1.807) is 0 Å². The number of urea groups is 1. The van der Waals surface area contributed by atoms with Crippen LogP contribution in [0.2, 0.25) is 0 Å². The number of nitrogens with zero attached hydrogens (tertiary/aromatic N) is 4. The highest BCUT2D eigenvalue weighted by Crippen LogP contribution is 2.32. The van der Waals surface area contributed by atoms with Gasteiger partial charge in [0.25, 0.3) is 0 Å². The molecule has 1 aromatic heterocycles. The van der Waals surface area contributed by atoms with Gasteiger partial charge < -0.3 is 19.4 Å². The molecule has 0 radical (unpaired) electrons. The molecule has 3 aliphatic rings. The van der Waals surface area contributed by atoms with Crippen LogP contribution in [0.5, 0.6) is 0 Å². The fourth-order valence-corrected chi connectivity index (χ4v) is 4.46. The van der Waals surface area contributed by atoms with E-state index in [9.17, 15) is 18.0 Å². The van der Waals surface area contributed by atoms with E-state index in [2.05, 4.69) is 15.0 Å². The van der Waals surface area contributed by atoms with Crippen LogP contribution in [0.1, 0.15) is 36.3 Å². The highest BCUT2D eigenvalue weighted by Gasteiger charge is 2.42. The summed E-state index contributed by atoms with van der Waals surface area (Å²) in [5, 5.41) is 11.2. The minimum atomic E-state index is -5.08. The van der Waals surface area contributed by atoms with E-state index in [-0.39, 0.29) is 6.03 Å². The average Bonchev–Trinajstić information content (AvgIpc) is 3.38. The maximum absolute atomic E-state index is 12.7. The molecule has 3 fully saturated rings. The highest BCUT2D eigenvalue weighted by molar-refractivity contribution is 5.75. The number of hydrogen-bond acceptors (Lipinski definition) is 5.